The average Bonchev–Trinajstić information content (AvgIpc) is 2.54. The van der Waals surface area contributed by atoms with Crippen LogP contribution in [0.2, 0.25) is 0 Å². The SMILES string of the molecule is CCC(N)c1ccc(N2CCC3C(CCCN3C)C2)cc1. The van der Waals surface area contributed by atoms with Crippen molar-refractivity contribution in [3.8, 4) is 0 Å². The predicted molar refractivity (Wildman–Crippen MR) is 89.6 cm³/mol. The van der Waals surface area contributed by atoms with Crippen LogP contribution in [0.3, 0.4) is 0 Å². The van der Waals surface area contributed by atoms with Crippen LogP contribution in [0.1, 0.15) is 44.2 Å². The molecule has 3 atom stereocenters. The molecule has 2 aliphatic heterocycles. The monoisotopic (exact) mass is 287 g/mol. The van der Waals surface area contributed by atoms with Crippen LogP contribution < -0.4 is 10.6 Å². The smallest absolute Gasteiger partial charge is 0.0366 e. The van der Waals surface area contributed by atoms with Crippen LogP contribution >= 0.6 is 0 Å². The second-order valence-corrected chi connectivity index (χ2v) is 6.79. The zero-order valence-electron chi connectivity index (χ0n) is 13.5. The Bertz CT molecular complexity index is 456. The zero-order valence-corrected chi connectivity index (χ0v) is 13.5. The maximum absolute atomic E-state index is 6.11. The Hall–Kier alpha value is -1.06. The van der Waals surface area contributed by atoms with Crippen molar-refractivity contribution in [2.24, 2.45) is 11.7 Å². The number of rotatable bonds is 3. The molecular formula is C18H29N3. The molecule has 0 radical (unpaired) electrons. The maximum Gasteiger partial charge on any atom is 0.0366 e. The van der Waals surface area contributed by atoms with Crippen LogP contribution in [-0.4, -0.2) is 37.6 Å². The van der Waals surface area contributed by atoms with Crippen LogP contribution in [-0.2, 0) is 0 Å². The lowest BCUT2D eigenvalue weighted by Crippen LogP contribution is -2.52. The number of hydrogen-bond acceptors (Lipinski definition) is 3. The first-order valence-electron chi connectivity index (χ1n) is 8.49. The summed E-state index contributed by atoms with van der Waals surface area (Å²) in [5, 5.41) is 0. The van der Waals surface area contributed by atoms with E-state index in [0.717, 1.165) is 18.4 Å². The first-order valence-corrected chi connectivity index (χ1v) is 8.49. The zero-order chi connectivity index (χ0) is 14.8. The number of piperidine rings is 2. The van der Waals surface area contributed by atoms with E-state index in [2.05, 4.69) is 48.0 Å². The largest absolute Gasteiger partial charge is 0.371 e. The van der Waals surface area contributed by atoms with E-state index in [1.54, 1.807) is 0 Å². The number of anilines is 1. The molecule has 3 unspecified atom stereocenters. The van der Waals surface area contributed by atoms with Crippen LogP contribution in [0.4, 0.5) is 5.69 Å². The summed E-state index contributed by atoms with van der Waals surface area (Å²) < 4.78 is 0. The molecule has 0 aromatic heterocycles. The molecule has 2 saturated heterocycles. The Morgan fingerprint density at radius 3 is 2.67 bits per heavy atom. The summed E-state index contributed by atoms with van der Waals surface area (Å²) in [6.07, 6.45) is 5.05. The summed E-state index contributed by atoms with van der Waals surface area (Å²) >= 11 is 0. The van der Waals surface area contributed by atoms with Gasteiger partial charge in [-0.3, -0.25) is 0 Å². The third-order valence-corrected chi connectivity index (χ3v) is 5.47. The highest BCUT2D eigenvalue weighted by Crippen LogP contribution is 2.32. The molecule has 3 rings (SSSR count). The van der Waals surface area contributed by atoms with Gasteiger partial charge in [-0.25, -0.2) is 0 Å². The second-order valence-electron chi connectivity index (χ2n) is 6.79. The topological polar surface area (TPSA) is 32.5 Å². The lowest BCUT2D eigenvalue weighted by atomic mass is 9.84. The molecule has 3 heteroatoms. The third-order valence-electron chi connectivity index (χ3n) is 5.47. The van der Waals surface area contributed by atoms with Crippen molar-refractivity contribution in [2.45, 2.75) is 44.7 Å². The van der Waals surface area contributed by atoms with E-state index >= 15 is 0 Å². The lowest BCUT2D eigenvalue weighted by Gasteiger charge is -2.46. The van der Waals surface area contributed by atoms with E-state index in [1.807, 2.05) is 0 Å². The van der Waals surface area contributed by atoms with Crippen molar-refractivity contribution in [3.05, 3.63) is 29.8 Å². The summed E-state index contributed by atoms with van der Waals surface area (Å²) in [4.78, 5) is 5.15. The van der Waals surface area contributed by atoms with Crippen molar-refractivity contribution >= 4 is 5.69 Å². The Labute approximate surface area is 129 Å². The van der Waals surface area contributed by atoms with E-state index in [9.17, 15) is 0 Å². The average molecular weight is 287 g/mol. The van der Waals surface area contributed by atoms with Crippen molar-refractivity contribution < 1.29 is 0 Å². The van der Waals surface area contributed by atoms with E-state index < -0.39 is 0 Å². The van der Waals surface area contributed by atoms with Crippen molar-refractivity contribution in [1.29, 1.82) is 0 Å². The van der Waals surface area contributed by atoms with Gasteiger partial charge >= 0.3 is 0 Å². The van der Waals surface area contributed by atoms with Gasteiger partial charge in [-0.15, -0.1) is 0 Å². The van der Waals surface area contributed by atoms with Gasteiger partial charge < -0.3 is 15.5 Å². The first kappa shape index (κ1) is 14.9. The van der Waals surface area contributed by atoms with Crippen LogP contribution in [0.5, 0.6) is 0 Å². The minimum Gasteiger partial charge on any atom is -0.371 e. The van der Waals surface area contributed by atoms with Crippen LogP contribution in [0.25, 0.3) is 0 Å². The molecule has 1 aromatic rings. The molecule has 2 aliphatic rings. The number of benzene rings is 1. The van der Waals surface area contributed by atoms with Gasteiger partial charge in [-0.05, 0) is 62.9 Å². The molecule has 0 amide bonds. The number of nitrogens with two attached hydrogens (primary N) is 1. The summed E-state index contributed by atoms with van der Waals surface area (Å²) in [6, 6.07) is 9.93. The standard InChI is InChI=1S/C18H29N3/c1-3-17(19)14-6-8-16(9-7-14)21-12-10-18-15(13-21)5-4-11-20(18)2/h6-9,15,17-18H,3-5,10-13,19H2,1-2H3. The Kier molecular flexibility index (Phi) is 4.51. The molecule has 3 nitrogen and oxygen atoms in total. The fourth-order valence-corrected chi connectivity index (χ4v) is 4.06. The van der Waals surface area contributed by atoms with E-state index in [1.165, 1.54) is 50.1 Å². The van der Waals surface area contributed by atoms with Crippen LogP contribution in [0.15, 0.2) is 24.3 Å². The normalized spacial score (nSPS) is 28.2. The highest BCUT2D eigenvalue weighted by molar-refractivity contribution is 5.48. The van der Waals surface area contributed by atoms with Gasteiger partial charge in [0.05, 0.1) is 0 Å². The van der Waals surface area contributed by atoms with E-state index in [0.29, 0.717) is 0 Å². The highest BCUT2D eigenvalue weighted by Gasteiger charge is 2.34. The van der Waals surface area contributed by atoms with Crippen molar-refractivity contribution in [1.82, 2.24) is 4.90 Å². The Morgan fingerprint density at radius 2 is 1.95 bits per heavy atom. The molecule has 2 fully saturated rings. The van der Waals surface area contributed by atoms with E-state index in [-0.39, 0.29) is 6.04 Å². The van der Waals surface area contributed by atoms with Gasteiger partial charge in [0.25, 0.3) is 0 Å². The Balaban J connectivity index is 1.68. The fourth-order valence-electron chi connectivity index (χ4n) is 4.06. The minimum atomic E-state index is 0.178. The molecular weight excluding hydrogens is 258 g/mol. The molecule has 21 heavy (non-hydrogen) atoms. The summed E-state index contributed by atoms with van der Waals surface area (Å²) in [5.74, 6) is 0.843. The van der Waals surface area contributed by atoms with Crippen molar-refractivity contribution in [3.63, 3.8) is 0 Å². The van der Waals surface area contributed by atoms with Gasteiger partial charge in [0.2, 0.25) is 0 Å². The minimum absolute atomic E-state index is 0.178. The van der Waals surface area contributed by atoms with Crippen molar-refractivity contribution in [2.75, 3.05) is 31.6 Å². The molecule has 0 aliphatic carbocycles. The summed E-state index contributed by atoms with van der Waals surface area (Å²) in [5.41, 5.74) is 8.73. The molecule has 0 bridgehead atoms. The third kappa shape index (κ3) is 3.09. The molecule has 2 N–H and O–H groups in total. The molecule has 1 aromatic carbocycles. The first-order chi connectivity index (χ1) is 10.2. The summed E-state index contributed by atoms with van der Waals surface area (Å²) in [7, 11) is 2.30. The molecule has 2 heterocycles. The number of nitrogens with zero attached hydrogens (tertiary/aromatic N) is 2. The fraction of sp³-hybridized carbons (Fsp3) is 0.667. The quantitative estimate of drug-likeness (QED) is 0.927. The van der Waals surface area contributed by atoms with Gasteiger partial charge in [-0.1, -0.05) is 19.1 Å². The van der Waals surface area contributed by atoms with Gasteiger partial charge in [0.1, 0.15) is 0 Å². The molecule has 0 spiro atoms. The van der Waals surface area contributed by atoms with Gasteiger partial charge in [0.15, 0.2) is 0 Å². The Morgan fingerprint density at radius 1 is 1.19 bits per heavy atom. The number of fused-ring (bicyclic) bond motifs is 1. The maximum atomic E-state index is 6.11. The predicted octanol–water partition coefficient (Wildman–Crippen LogP) is 3.02. The van der Waals surface area contributed by atoms with Crippen LogP contribution in [0, 0.1) is 5.92 Å². The van der Waals surface area contributed by atoms with Gasteiger partial charge in [-0.2, -0.15) is 0 Å². The molecule has 116 valence electrons. The molecule has 0 saturated carbocycles. The van der Waals surface area contributed by atoms with E-state index in [4.69, 9.17) is 5.73 Å². The van der Waals surface area contributed by atoms with Gasteiger partial charge in [0, 0.05) is 30.9 Å². The highest BCUT2D eigenvalue weighted by atomic mass is 15.2. The lowest BCUT2D eigenvalue weighted by molar-refractivity contribution is 0.102. The number of likely N-dealkylation sites (tertiary alicyclic amines) is 1. The summed E-state index contributed by atoms with van der Waals surface area (Å²) in [6.45, 7) is 5.83. The second kappa shape index (κ2) is 6.37. The number of hydrogen-bond donors (Lipinski definition) is 1.